The molecule has 136 valence electrons. The van der Waals surface area contributed by atoms with Crippen molar-refractivity contribution in [2.75, 3.05) is 13.2 Å². The topological polar surface area (TPSA) is 55.8 Å². The molecule has 4 rings (SSSR count). The molecule has 1 heterocycles. The Bertz CT molecular complexity index is 794. The molecule has 5 heteroatoms. The molecule has 2 aromatic carbocycles. The molecule has 2 aliphatic rings. The Morgan fingerprint density at radius 2 is 1.38 bits per heavy atom. The lowest BCUT2D eigenvalue weighted by Gasteiger charge is -2.28. The molecule has 1 aliphatic carbocycles. The van der Waals surface area contributed by atoms with E-state index >= 15 is 0 Å². The Morgan fingerprint density at radius 3 is 1.77 bits per heavy atom. The molecular formula is C21H23NO4. The zero-order valence-electron chi connectivity index (χ0n) is 15.1. The van der Waals surface area contributed by atoms with Gasteiger partial charge in [0.05, 0.1) is 13.2 Å². The van der Waals surface area contributed by atoms with Crippen LogP contribution in [0.15, 0.2) is 36.4 Å². The van der Waals surface area contributed by atoms with Gasteiger partial charge in [-0.3, -0.25) is 4.90 Å². The number of esters is 2. The number of nitrogens with zero attached hydrogens (tertiary/aromatic N) is 1. The van der Waals surface area contributed by atoms with E-state index in [9.17, 15) is 9.59 Å². The molecular weight excluding hydrogens is 330 g/mol. The van der Waals surface area contributed by atoms with E-state index in [1.54, 1.807) is 13.8 Å². The number of hydrogen-bond donors (Lipinski definition) is 0. The van der Waals surface area contributed by atoms with Crippen LogP contribution in [-0.4, -0.2) is 36.1 Å². The van der Waals surface area contributed by atoms with E-state index in [0.717, 1.165) is 34.7 Å². The quantitative estimate of drug-likeness (QED) is 0.770. The van der Waals surface area contributed by atoms with Gasteiger partial charge in [0.25, 0.3) is 0 Å². The van der Waals surface area contributed by atoms with E-state index in [4.69, 9.17) is 9.47 Å². The predicted molar refractivity (Wildman–Crippen MR) is 97.6 cm³/mol. The number of hydrogen-bond acceptors (Lipinski definition) is 5. The SMILES string of the molecule is CCOC(=O)C1c2cc3ccccc3cc2C(C(=O)OCC)N1C1CC1. The highest BCUT2D eigenvalue weighted by molar-refractivity contribution is 5.92. The van der Waals surface area contributed by atoms with Gasteiger partial charge in [0, 0.05) is 6.04 Å². The Kier molecular flexibility index (Phi) is 4.41. The van der Waals surface area contributed by atoms with Gasteiger partial charge in [0.2, 0.25) is 0 Å². The molecule has 0 spiro atoms. The van der Waals surface area contributed by atoms with Crippen LogP contribution in [0.3, 0.4) is 0 Å². The summed E-state index contributed by atoms with van der Waals surface area (Å²) in [4.78, 5) is 27.6. The predicted octanol–water partition coefficient (Wildman–Crippen LogP) is 3.53. The van der Waals surface area contributed by atoms with Crippen molar-refractivity contribution in [2.45, 2.75) is 44.8 Å². The maximum Gasteiger partial charge on any atom is 0.328 e. The average molecular weight is 353 g/mol. The molecule has 0 bridgehead atoms. The fourth-order valence-corrected chi connectivity index (χ4v) is 3.95. The largest absolute Gasteiger partial charge is 0.465 e. The first-order valence-electron chi connectivity index (χ1n) is 9.29. The summed E-state index contributed by atoms with van der Waals surface area (Å²) in [5.74, 6) is -0.578. The van der Waals surface area contributed by atoms with Crippen LogP contribution in [0, 0.1) is 0 Å². The van der Waals surface area contributed by atoms with Crippen LogP contribution in [0.5, 0.6) is 0 Å². The van der Waals surface area contributed by atoms with E-state index in [0.29, 0.717) is 13.2 Å². The van der Waals surface area contributed by atoms with E-state index < -0.39 is 12.1 Å². The van der Waals surface area contributed by atoms with Crippen molar-refractivity contribution in [3.63, 3.8) is 0 Å². The van der Waals surface area contributed by atoms with Crippen molar-refractivity contribution in [3.8, 4) is 0 Å². The Hall–Kier alpha value is -2.40. The van der Waals surface area contributed by atoms with Crippen molar-refractivity contribution >= 4 is 22.7 Å². The minimum absolute atomic E-state index is 0.217. The molecule has 0 saturated heterocycles. The van der Waals surface area contributed by atoms with Crippen molar-refractivity contribution in [2.24, 2.45) is 0 Å². The van der Waals surface area contributed by atoms with Gasteiger partial charge >= 0.3 is 11.9 Å². The highest BCUT2D eigenvalue weighted by atomic mass is 16.5. The second-order valence-electron chi connectivity index (χ2n) is 6.82. The lowest BCUT2D eigenvalue weighted by Crippen LogP contribution is -2.37. The molecule has 0 radical (unpaired) electrons. The minimum Gasteiger partial charge on any atom is -0.465 e. The number of benzene rings is 2. The molecule has 0 aromatic heterocycles. The van der Waals surface area contributed by atoms with Gasteiger partial charge in [-0.25, -0.2) is 9.59 Å². The molecule has 1 fully saturated rings. The van der Waals surface area contributed by atoms with Gasteiger partial charge in [-0.05, 0) is 60.7 Å². The summed E-state index contributed by atoms with van der Waals surface area (Å²) in [6.07, 6.45) is 1.97. The van der Waals surface area contributed by atoms with E-state index in [1.807, 2.05) is 41.3 Å². The third kappa shape index (κ3) is 2.76. The first kappa shape index (κ1) is 17.0. The highest BCUT2D eigenvalue weighted by Gasteiger charge is 2.52. The summed E-state index contributed by atoms with van der Waals surface area (Å²) in [6, 6.07) is 11.2. The van der Waals surface area contributed by atoms with E-state index in [-0.39, 0.29) is 18.0 Å². The summed E-state index contributed by atoms with van der Waals surface area (Å²) in [5.41, 5.74) is 1.74. The van der Waals surface area contributed by atoms with Crippen molar-refractivity contribution in [1.29, 1.82) is 0 Å². The zero-order valence-corrected chi connectivity index (χ0v) is 15.1. The van der Waals surface area contributed by atoms with E-state index in [1.165, 1.54) is 0 Å². The third-order valence-corrected chi connectivity index (χ3v) is 5.13. The summed E-state index contributed by atoms with van der Waals surface area (Å²) >= 11 is 0. The number of carbonyl (C=O) groups is 2. The maximum absolute atomic E-state index is 12.8. The maximum atomic E-state index is 12.8. The van der Waals surface area contributed by atoms with Gasteiger partial charge < -0.3 is 9.47 Å². The Balaban J connectivity index is 1.88. The number of fused-ring (bicyclic) bond motifs is 2. The lowest BCUT2D eigenvalue weighted by atomic mass is 9.97. The lowest BCUT2D eigenvalue weighted by molar-refractivity contribution is -0.156. The second kappa shape index (κ2) is 6.72. The smallest absolute Gasteiger partial charge is 0.328 e. The normalized spacial score (nSPS) is 22.2. The monoisotopic (exact) mass is 353 g/mol. The van der Waals surface area contributed by atoms with Crippen LogP contribution in [0.1, 0.15) is 49.9 Å². The van der Waals surface area contributed by atoms with Crippen LogP contribution in [0.2, 0.25) is 0 Å². The van der Waals surface area contributed by atoms with Gasteiger partial charge in [-0.1, -0.05) is 24.3 Å². The third-order valence-electron chi connectivity index (χ3n) is 5.13. The van der Waals surface area contributed by atoms with Crippen LogP contribution in [-0.2, 0) is 19.1 Å². The van der Waals surface area contributed by atoms with Gasteiger partial charge in [-0.15, -0.1) is 0 Å². The number of carbonyl (C=O) groups excluding carboxylic acids is 2. The van der Waals surface area contributed by atoms with Gasteiger partial charge in [0.15, 0.2) is 0 Å². The molecule has 1 aliphatic heterocycles. The van der Waals surface area contributed by atoms with Gasteiger partial charge in [-0.2, -0.15) is 0 Å². The Labute approximate surface area is 152 Å². The minimum atomic E-state index is -0.545. The summed E-state index contributed by atoms with van der Waals surface area (Å²) in [6.45, 7) is 4.25. The molecule has 1 saturated carbocycles. The molecule has 2 atom stereocenters. The average Bonchev–Trinajstić information content (AvgIpc) is 3.41. The second-order valence-corrected chi connectivity index (χ2v) is 6.82. The van der Waals surface area contributed by atoms with Crippen molar-refractivity contribution in [3.05, 3.63) is 47.5 Å². The van der Waals surface area contributed by atoms with Crippen LogP contribution in [0.4, 0.5) is 0 Å². The first-order chi connectivity index (χ1) is 12.7. The zero-order chi connectivity index (χ0) is 18.3. The summed E-state index contributed by atoms with van der Waals surface area (Å²) < 4.78 is 10.7. The van der Waals surface area contributed by atoms with Crippen molar-refractivity contribution < 1.29 is 19.1 Å². The molecule has 26 heavy (non-hydrogen) atoms. The Morgan fingerprint density at radius 1 is 0.923 bits per heavy atom. The summed E-state index contributed by atoms with van der Waals surface area (Å²) in [5, 5.41) is 2.11. The van der Waals surface area contributed by atoms with Crippen LogP contribution in [0.25, 0.3) is 10.8 Å². The number of ether oxygens (including phenoxy) is 2. The fraction of sp³-hybridized carbons (Fsp3) is 0.429. The molecule has 0 N–H and O–H groups in total. The highest BCUT2D eigenvalue weighted by Crippen LogP contribution is 2.50. The summed E-state index contributed by atoms with van der Waals surface area (Å²) in [7, 11) is 0. The standard InChI is InChI=1S/C21H23NO4/c1-3-25-20(23)18-16-11-13-7-5-6-8-14(13)12-17(16)19(21(24)26-4-2)22(18)15-9-10-15/h5-8,11-12,15,18-19H,3-4,9-10H2,1-2H3. The molecule has 2 aromatic rings. The molecule has 2 unspecified atom stereocenters. The van der Waals surface area contributed by atoms with Gasteiger partial charge in [0.1, 0.15) is 12.1 Å². The van der Waals surface area contributed by atoms with Crippen LogP contribution >= 0.6 is 0 Å². The molecule has 5 nitrogen and oxygen atoms in total. The number of rotatable bonds is 5. The van der Waals surface area contributed by atoms with E-state index in [2.05, 4.69) is 0 Å². The first-order valence-corrected chi connectivity index (χ1v) is 9.29. The molecule has 0 amide bonds. The van der Waals surface area contributed by atoms with Crippen LogP contribution < -0.4 is 0 Å². The fourth-order valence-electron chi connectivity index (χ4n) is 3.95. The van der Waals surface area contributed by atoms with Crippen molar-refractivity contribution in [1.82, 2.24) is 4.90 Å².